The zero-order valence-corrected chi connectivity index (χ0v) is 24.6. The molecule has 0 spiro atoms. The fraction of sp³-hybridized carbons (Fsp3) is 0.417. The maximum absolute atomic E-state index is 12.8. The Balaban J connectivity index is 1.03. The first kappa shape index (κ1) is 29.1. The van der Waals surface area contributed by atoms with Crippen molar-refractivity contribution in [1.29, 1.82) is 0 Å². The highest BCUT2D eigenvalue weighted by atomic mass is 16.7. The van der Waals surface area contributed by atoms with E-state index in [4.69, 9.17) is 9.57 Å². The van der Waals surface area contributed by atoms with E-state index in [2.05, 4.69) is 29.6 Å². The lowest BCUT2D eigenvalue weighted by Gasteiger charge is -2.35. The van der Waals surface area contributed by atoms with Gasteiger partial charge in [0.05, 0.1) is 12.5 Å². The van der Waals surface area contributed by atoms with Crippen LogP contribution in [0.25, 0.3) is 0 Å². The topological polar surface area (TPSA) is 84.9 Å². The van der Waals surface area contributed by atoms with Gasteiger partial charge >= 0.3 is 5.97 Å². The lowest BCUT2D eigenvalue weighted by Crippen LogP contribution is -2.48. The van der Waals surface area contributed by atoms with E-state index >= 15 is 0 Å². The Bertz CT molecular complexity index is 1430. The average Bonchev–Trinajstić information content (AvgIpc) is 3.42. The summed E-state index contributed by atoms with van der Waals surface area (Å²) in [6.45, 7) is 0.402. The molecule has 3 aliphatic rings. The third kappa shape index (κ3) is 7.16. The zero-order chi connectivity index (χ0) is 29.6. The molecule has 6 rings (SSSR count). The Morgan fingerprint density at radius 2 is 1.60 bits per heavy atom. The number of rotatable bonds is 10. The molecule has 1 heterocycles. The van der Waals surface area contributed by atoms with Crippen LogP contribution in [0.2, 0.25) is 0 Å². The van der Waals surface area contributed by atoms with Crippen LogP contribution in [0.3, 0.4) is 0 Å². The molecule has 1 saturated heterocycles. The quantitative estimate of drug-likeness (QED) is 0.323. The van der Waals surface area contributed by atoms with E-state index in [1.165, 1.54) is 42.7 Å². The third-order valence-corrected chi connectivity index (χ3v) is 9.07. The maximum atomic E-state index is 12.8. The first-order valence-corrected chi connectivity index (χ1v) is 15.7. The van der Waals surface area contributed by atoms with E-state index in [1.807, 2.05) is 48.5 Å². The summed E-state index contributed by atoms with van der Waals surface area (Å²) in [5, 5.41) is 4.28. The second-order valence-corrected chi connectivity index (χ2v) is 12.1. The van der Waals surface area contributed by atoms with Gasteiger partial charge in [-0.05, 0) is 65.0 Å². The molecule has 2 unspecified atom stereocenters. The van der Waals surface area contributed by atoms with Gasteiger partial charge in [-0.3, -0.25) is 9.59 Å². The number of carbonyl (C=O) groups is 3. The fourth-order valence-electron chi connectivity index (χ4n) is 6.66. The number of nitrogens with one attached hydrogen (secondary N) is 1. The van der Waals surface area contributed by atoms with Gasteiger partial charge in [-0.1, -0.05) is 92.1 Å². The van der Waals surface area contributed by atoms with Gasteiger partial charge in [0.15, 0.2) is 0 Å². The smallest absolute Gasteiger partial charge is 0.332 e. The van der Waals surface area contributed by atoms with E-state index in [1.54, 1.807) is 0 Å². The van der Waals surface area contributed by atoms with E-state index in [-0.39, 0.29) is 30.9 Å². The van der Waals surface area contributed by atoms with E-state index in [0.29, 0.717) is 38.1 Å². The lowest BCUT2D eigenvalue weighted by molar-refractivity contribution is -0.233. The average molecular weight is 581 g/mol. The summed E-state index contributed by atoms with van der Waals surface area (Å²) in [4.78, 5) is 43.9. The first-order chi connectivity index (χ1) is 21.0. The zero-order valence-electron chi connectivity index (χ0n) is 24.6. The molecule has 1 aliphatic heterocycles. The van der Waals surface area contributed by atoms with Crippen molar-refractivity contribution in [2.45, 2.75) is 88.8 Å². The second-order valence-electron chi connectivity index (χ2n) is 12.1. The highest BCUT2D eigenvalue weighted by molar-refractivity contribution is 5.80. The van der Waals surface area contributed by atoms with Gasteiger partial charge in [-0.2, -0.15) is 5.06 Å². The number of carbonyl (C=O) groups excluding carboxylic acids is 3. The molecule has 7 nitrogen and oxygen atoms in total. The molecule has 0 radical (unpaired) electrons. The molecule has 2 fully saturated rings. The lowest BCUT2D eigenvalue weighted by atomic mass is 9.84. The van der Waals surface area contributed by atoms with Crippen LogP contribution in [-0.4, -0.2) is 35.6 Å². The highest BCUT2D eigenvalue weighted by Crippen LogP contribution is 2.41. The number of amides is 2. The minimum atomic E-state index is -0.484. The second kappa shape index (κ2) is 13.6. The van der Waals surface area contributed by atoms with Crippen LogP contribution >= 0.6 is 0 Å². The number of nitrogens with zero attached hydrogens (tertiary/aromatic N) is 1. The summed E-state index contributed by atoms with van der Waals surface area (Å²) in [6.07, 6.45) is 8.58. The summed E-state index contributed by atoms with van der Waals surface area (Å²) in [5.41, 5.74) is 6.55. The number of hydrogen-bond acceptors (Lipinski definition) is 5. The summed E-state index contributed by atoms with van der Waals surface area (Å²) >= 11 is 0. The first-order valence-electron chi connectivity index (χ1n) is 15.7. The SMILES string of the molecule is O=C(CCc1ccc2c(c1)C1C(C2)OCC(=O)N1OC(=O)CCc1ccccc1)NCc1ccc(C2CCCCC2)cc1. The van der Waals surface area contributed by atoms with Crippen molar-refractivity contribution in [3.63, 3.8) is 0 Å². The van der Waals surface area contributed by atoms with Gasteiger partial charge in [-0.15, -0.1) is 0 Å². The predicted molar refractivity (Wildman–Crippen MR) is 163 cm³/mol. The largest absolute Gasteiger partial charge is 0.365 e. The van der Waals surface area contributed by atoms with Crippen molar-refractivity contribution in [3.8, 4) is 0 Å². The monoisotopic (exact) mass is 580 g/mol. The molecular weight excluding hydrogens is 540 g/mol. The molecule has 0 bridgehead atoms. The molecule has 2 atom stereocenters. The summed E-state index contributed by atoms with van der Waals surface area (Å²) in [5.74, 6) is -0.126. The van der Waals surface area contributed by atoms with E-state index in [9.17, 15) is 14.4 Å². The van der Waals surface area contributed by atoms with Gasteiger partial charge in [0.25, 0.3) is 5.91 Å². The van der Waals surface area contributed by atoms with Crippen LogP contribution < -0.4 is 5.32 Å². The Morgan fingerprint density at radius 1 is 0.860 bits per heavy atom. The van der Waals surface area contributed by atoms with Crippen LogP contribution in [0.5, 0.6) is 0 Å². The number of hydrogen-bond donors (Lipinski definition) is 1. The molecule has 1 saturated carbocycles. The Hall–Kier alpha value is -3.97. The van der Waals surface area contributed by atoms with Crippen molar-refractivity contribution in [1.82, 2.24) is 10.4 Å². The van der Waals surface area contributed by atoms with Crippen molar-refractivity contribution in [2.75, 3.05) is 6.61 Å². The number of hydroxylamine groups is 2. The fourth-order valence-corrected chi connectivity index (χ4v) is 6.66. The van der Waals surface area contributed by atoms with Crippen LogP contribution in [0, 0.1) is 0 Å². The minimum absolute atomic E-state index is 0.000109. The number of morpholine rings is 1. The van der Waals surface area contributed by atoms with Gasteiger partial charge in [0.2, 0.25) is 5.91 Å². The summed E-state index contributed by atoms with van der Waals surface area (Å²) in [6, 6.07) is 24.1. The molecule has 7 heteroatoms. The van der Waals surface area contributed by atoms with Gasteiger partial charge < -0.3 is 14.9 Å². The third-order valence-electron chi connectivity index (χ3n) is 9.07. The maximum Gasteiger partial charge on any atom is 0.332 e. The molecule has 3 aromatic rings. The van der Waals surface area contributed by atoms with Crippen LogP contribution in [-0.2, 0) is 49.8 Å². The molecule has 224 valence electrons. The van der Waals surface area contributed by atoms with Crippen LogP contribution in [0.4, 0.5) is 0 Å². The molecule has 3 aromatic carbocycles. The van der Waals surface area contributed by atoms with Gasteiger partial charge in [-0.25, -0.2) is 4.79 Å². The summed E-state index contributed by atoms with van der Waals surface area (Å²) < 4.78 is 5.84. The predicted octanol–water partition coefficient (Wildman–Crippen LogP) is 5.90. The number of fused-ring (bicyclic) bond motifs is 3. The number of benzene rings is 3. The van der Waals surface area contributed by atoms with Crippen LogP contribution in [0.15, 0.2) is 72.8 Å². The minimum Gasteiger partial charge on any atom is -0.365 e. The van der Waals surface area contributed by atoms with Gasteiger partial charge in [0.1, 0.15) is 12.6 Å². The Labute approximate surface area is 253 Å². The number of aryl methyl sites for hydroxylation is 2. The van der Waals surface area contributed by atoms with Crippen molar-refractivity contribution >= 4 is 17.8 Å². The van der Waals surface area contributed by atoms with Crippen molar-refractivity contribution in [3.05, 3.63) is 106 Å². The van der Waals surface area contributed by atoms with Crippen molar-refractivity contribution in [2.24, 2.45) is 0 Å². The molecular formula is C36H40N2O5. The van der Waals surface area contributed by atoms with E-state index < -0.39 is 12.0 Å². The van der Waals surface area contributed by atoms with Gasteiger partial charge in [0, 0.05) is 19.4 Å². The molecule has 1 N–H and O–H groups in total. The van der Waals surface area contributed by atoms with E-state index in [0.717, 1.165) is 27.8 Å². The standard InChI is InChI=1S/C36H40N2O5/c39-33(37-23-27-12-16-29(17-13-27)28-9-5-2-6-10-28)19-14-26-11-18-30-22-32-36(31(30)21-26)38(34(40)24-42-32)43-35(41)20-15-25-7-3-1-4-8-25/h1,3-4,7-8,11-13,16-18,21,28,32,36H,2,5-6,9-10,14-15,19-20,22-24H2,(H,37,39). The van der Waals surface area contributed by atoms with Crippen LogP contribution in [0.1, 0.15) is 90.3 Å². The normalized spacial score (nSPS) is 19.9. The highest BCUT2D eigenvalue weighted by Gasteiger charge is 2.45. The Kier molecular flexibility index (Phi) is 9.18. The Morgan fingerprint density at radius 3 is 2.40 bits per heavy atom. The molecule has 2 aliphatic carbocycles. The van der Waals surface area contributed by atoms with Crippen molar-refractivity contribution < 1.29 is 24.0 Å². The molecule has 43 heavy (non-hydrogen) atoms. The summed E-state index contributed by atoms with van der Waals surface area (Å²) in [7, 11) is 0. The molecule has 2 amide bonds. The molecule has 0 aromatic heterocycles. The number of ether oxygens (including phenoxy) is 1.